The molecule has 0 saturated carbocycles. The fourth-order valence-electron chi connectivity index (χ4n) is 1.28. The summed E-state index contributed by atoms with van der Waals surface area (Å²) >= 11 is 7.87. The zero-order chi connectivity index (χ0) is 14.6. The summed E-state index contributed by atoms with van der Waals surface area (Å²) in [6.45, 7) is 0. The summed E-state index contributed by atoms with van der Waals surface area (Å²) in [6.07, 6.45) is -0.570. The average molecular weight is 397 g/mol. The van der Waals surface area contributed by atoms with Gasteiger partial charge in [-0.3, -0.25) is 14.4 Å². The molecular weight excluding hydrogens is 386 g/mol. The molecule has 0 aliphatic heterocycles. The van der Waals surface area contributed by atoms with Crippen LogP contribution in [-0.2, 0) is 9.59 Å². The van der Waals surface area contributed by atoms with E-state index in [-0.39, 0.29) is 5.56 Å². The first-order chi connectivity index (χ1) is 8.81. The number of rotatable bonds is 5. The van der Waals surface area contributed by atoms with E-state index in [1.165, 1.54) is 12.1 Å². The van der Waals surface area contributed by atoms with Crippen molar-refractivity contribution in [3.05, 3.63) is 32.4 Å². The van der Waals surface area contributed by atoms with E-state index in [9.17, 15) is 14.4 Å². The van der Waals surface area contributed by atoms with Crippen LogP contribution in [-0.4, -0.2) is 28.9 Å². The Bertz CT molecular complexity index is 535. The number of hydrogen-bond acceptors (Lipinski definition) is 3. The SMILES string of the molecule is NC(=O)[C@@H](CC(=O)O)NC(=O)c1ccc(I)c(Cl)c1. The summed E-state index contributed by atoms with van der Waals surface area (Å²) in [7, 11) is 0. The minimum absolute atomic E-state index is 0.224. The molecule has 1 aromatic rings. The first-order valence-corrected chi connectivity index (χ1v) is 6.54. The first-order valence-electron chi connectivity index (χ1n) is 5.08. The Balaban J connectivity index is 2.84. The van der Waals surface area contributed by atoms with Gasteiger partial charge in [-0.25, -0.2) is 0 Å². The Morgan fingerprint density at radius 3 is 2.53 bits per heavy atom. The number of primary amides is 1. The molecule has 0 aromatic heterocycles. The third-order valence-corrected chi connectivity index (χ3v) is 3.78. The minimum atomic E-state index is -1.26. The van der Waals surface area contributed by atoms with Crippen LogP contribution in [0.3, 0.4) is 0 Å². The lowest BCUT2D eigenvalue weighted by Crippen LogP contribution is -2.45. The molecule has 0 fully saturated rings. The Hall–Kier alpha value is -1.35. The standard InChI is InChI=1S/C11H10ClIN2O4/c12-6-3-5(1-2-7(6)13)11(19)15-8(10(14)18)4-9(16)17/h1-3,8H,4H2,(H2,14,18)(H,15,19)(H,16,17)/t8-/m1/s1. The molecule has 0 aliphatic carbocycles. The van der Waals surface area contributed by atoms with Gasteiger partial charge in [-0.1, -0.05) is 11.6 Å². The van der Waals surface area contributed by atoms with Crippen molar-refractivity contribution in [3.8, 4) is 0 Å². The van der Waals surface area contributed by atoms with Gasteiger partial charge < -0.3 is 16.2 Å². The number of hydrogen-bond donors (Lipinski definition) is 3. The second-order valence-corrected chi connectivity index (χ2v) is 5.22. The second kappa shape index (κ2) is 6.71. The van der Waals surface area contributed by atoms with Crippen LogP contribution in [0.15, 0.2) is 18.2 Å². The molecule has 0 aliphatic rings. The highest BCUT2D eigenvalue weighted by molar-refractivity contribution is 14.1. The van der Waals surface area contributed by atoms with Gasteiger partial charge in [0.15, 0.2) is 0 Å². The lowest BCUT2D eigenvalue weighted by atomic mass is 10.1. The highest BCUT2D eigenvalue weighted by atomic mass is 127. The van der Waals surface area contributed by atoms with Crippen molar-refractivity contribution in [2.24, 2.45) is 5.73 Å². The van der Waals surface area contributed by atoms with Crippen LogP contribution in [0, 0.1) is 3.57 Å². The highest BCUT2D eigenvalue weighted by Gasteiger charge is 2.22. The fraction of sp³-hybridized carbons (Fsp3) is 0.182. The summed E-state index contributed by atoms with van der Waals surface area (Å²) < 4.78 is 0.771. The Labute approximate surface area is 127 Å². The molecule has 8 heteroatoms. The molecule has 0 bridgehead atoms. The molecule has 4 N–H and O–H groups in total. The summed E-state index contributed by atoms with van der Waals surface area (Å²) in [6, 6.07) is 3.32. The molecule has 2 amide bonds. The quantitative estimate of drug-likeness (QED) is 0.645. The van der Waals surface area contributed by atoms with Crippen LogP contribution in [0.1, 0.15) is 16.8 Å². The number of halogens is 2. The topological polar surface area (TPSA) is 109 Å². The molecule has 0 spiro atoms. The van der Waals surface area contributed by atoms with E-state index in [1.807, 2.05) is 22.6 Å². The Morgan fingerprint density at radius 1 is 1.42 bits per heavy atom. The van der Waals surface area contributed by atoms with Crippen molar-refractivity contribution in [2.75, 3.05) is 0 Å². The molecule has 1 atom stereocenters. The van der Waals surface area contributed by atoms with Crippen LogP contribution >= 0.6 is 34.2 Å². The van der Waals surface area contributed by atoms with Gasteiger partial charge in [-0.2, -0.15) is 0 Å². The molecule has 0 heterocycles. The number of nitrogens with two attached hydrogens (primary N) is 1. The minimum Gasteiger partial charge on any atom is -0.481 e. The van der Waals surface area contributed by atoms with Gasteiger partial charge in [0.2, 0.25) is 5.91 Å². The van der Waals surface area contributed by atoms with Crippen LogP contribution in [0.25, 0.3) is 0 Å². The van der Waals surface area contributed by atoms with E-state index in [0.717, 1.165) is 3.57 Å². The van der Waals surface area contributed by atoms with Crippen molar-refractivity contribution in [3.63, 3.8) is 0 Å². The Morgan fingerprint density at radius 2 is 2.05 bits per heavy atom. The van der Waals surface area contributed by atoms with Gasteiger partial charge in [-0.05, 0) is 40.8 Å². The molecule has 6 nitrogen and oxygen atoms in total. The molecule has 102 valence electrons. The maximum Gasteiger partial charge on any atom is 0.305 e. The third-order valence-electron chi connectivity index (χ3n) is 2.21. The Kier molecular flexibility index (Phi) is 5.55. The van der Waals surface area contributed by atoms with E-state index in [2.05, 4.69) is 5.32 Å². The van der Waals surface area contributed by atoms with Crippen LogP contribution < -0.4 is 11.1 Å². The molecule has 0 saturated heterocycles. The predicted octanol–water partition coefficient (Wildman–Crippen LogP) is 1.00. The number of nitrogens with one attached hydrogen (secondary N) is 1. The molecule has 1 aromatic carbocycles. The predicted molar refractivity (Wildman–Crippen MR) is 76.9 cm³/mol. The summed E-state index contributed by atoms with van der Waals surface area (Å²) in [5.74, 6) is -2.75. The number of carboxylic acids is 1. The number of carbonyl (C=O) groups excluding carboxylic acids is 2. The molecule has 0 unspecified atom stereocenters. The first kappa shape index (κ1) is 15.7. The van der Waals surface area contributed by atoms with Crippen molar-refractivity contribution in [2.45, 2.75) is 12.5 Å². The van der Waals surface area contributed by atoms with Gasteiger partial charge in [0.1, 0.15) is 6.04 Å². The average Bonchev–Trinajstić information content (AvgIpc) is 2.31. The molecule has 19 heavy (non-hydrogen) atoms. The maximum atomic E-state index is 11.8. The highest BCUT2D eigenvalue weighted by Crippen LogP contribution is 2.19. The van der Waals surface area contributed by atoms with Gasteiger partial charge in [0.25, 0.3) is 5.91 Å². The van der Waals surface area contributed by atoms with Crippen molar-refractivity contribution in [1.82, 2.24) is 5.32 Å². The maximum absolute atomic E-state index is 11.8. The lowest BCUT2D eigenvalue weighted by molar-refractivity contribution is -0.139. The van der Waals surface area contributed by atoms with Gasteiger partial charge in [-0.15, -0.1) is 0 Å². The lowest BCUT2D eigenvalue weighted by Gasteiger charge is -2.13. The van der Waals surface area contributed by atoms with Crippen molar-refractivity contribution in [1.29, 1.82) is 0 Å². The fourth-order valence-corrected chi connectivity index (χ4v) is 1.79. The van der Waals surface area contributed by atoms with Crippen LogP contribution in [0.2, 0.25) is 5.02 Å². The number of benzene rings is 1. The van der Waals surface area contributed by atoms with Crippen LogP contribution in [0.5, 0.6) is 0 Å². The zero-order valence-corrected chi connectivity index (χ0v) is 12.4. The van der Waals surface area contributed by atoms with Crippen molar-refractivity contribution >= 4 is 52.0 Å². The van der Waals surface area contributed by atoms with Crippen molar-refractivity contribution < 1.29 is 19.5 Å². The zero-order valence-electron chi connectivity index (χ0n) is 9.52. The number of amides is 2. The third kappa shape index (κ3) is 4.67. The van der Waals surface area contributed by atoms with E-state index >= 15 is 0 Å². The number of carboxylic acid groups (broad SMARTS) is 1. The second-order valence-electron chi connectivity index (χ2n) is 3.66. The smallest absolute Gasteiger partial charge is 0.305 e. The number of aliphatic carboxylic acids is 1. The van der Waals surface area contributed by atoms with E-state index in [0.29, 0.717) is 5.02 Å². The largest absolute Gasteiger partial charge is 0.481 e. The summed E-state index contributed by atoms with van der Waals surface area (Å²) in [5, 5.41) is 11.3. The van der Waals surface area contributed by atoms with Gasteiger partial charge >= 0.3 is 5.97 Å². The monoisotopic (exact) mass is 396 g/mol. The van der Waals surface area contributed by atoms with Gasteiger partial charge in [0.05, 0.1) is 11.4 Å². The molecular formula is C11H10ClIN2O4. The van der Waals surface area contributed by atoms with E-state index in [1.54, 1.807) is 6.07 Å². The normalized spacial score (nSPS) is 11.7. The van der Waals surface area contributed by atoms with E-state index < -0.39 is 30.2 Å². The summed E-state index contributed by atoms with van der Waals surface area (Å²) in [5.41, 5.74) is 5.25. The molecule has 1 rings (SSSR count). The number of carbonyl (C=O) groups is 3. The summed E-state index contributed by atoms with van der Waals surface area (Å²) in [4.78, 5) is 33.4. The van der Waals surface area contributed by atoms with E-state index in [4.69, 9.17) is 22.4 Å². The molecule has 0 radical (unpaired) electrons. The van der Waals surface area contributed by atoms with Crippen LogP contribution in [0.4, 0.5) is 0 Å². The van der Waals surface area contributed by atoms with Gasteiger partial charge in [0, 0.05) is 9.13 Å².